The first-order chi connectivity index (χ1) is 12.0. The number of aliphatic carboxylic acids is 1. The molecule has 0 saturated carbocycles. The standard InChI is InChI=1S/C19H21ClO5/c1-4-25-18-16(20)10-12(11-17(18)24-3)9-15(19(21)22)13-5-7-14(23-2)8-6-13/h5-8,10-11,15H,4,9H2,1-3H3,(H,21,22). The van der Waals surface area contributed by atoms with Crippen molar-refractivity contribution in [3.8, 4) is 17.2 Å². The first kappa shape index (κ1) is 18.9. The summed E-state index contributed by atoms with van der Waals surface area (Å²) in [7, 11) is 3.09. The van der Waals surface area contributed by atoms with Gasteiger partial charge in [-0.2, -0.15) is 0 Å². The molecule has 1 atom stereocenters. The molecule has 0 fully saturated rings. The molecule has 6 heteroatoms. The Kier molecular flexibility index (Phi) is 6.53. The molecule has 2 aromatic carbocycles. The second-order valence-corrected chi connectivity index (χ2v) is 5.82. The molecule has 1 N–H and O–H groups in total. The van der Waals surface area contributed by atoms with Crippen molar-refractivity contribution in [2.45, 2.75) is 19.3 Å². The molecule has 0 aliphatic heterocycles. The second kappa shape index (κ2) is 8.62. The van der Waals surface area contributed by atoms with E-state index in [1.54, 1.807) is 43.5 Å². The highest BCUT2D eigenvalue weighted by atomic mass is 35.5. The van der Waals surface area contributed by atoms with Crippen LogP contribution in [-0.2, 0) is 11.2 Å². The summed E-state index contributed by atoms with van der Waals surface area (Å²) < 4.78 is 15.9. The fourth-order valence-corrected chi connectivity index (χ4v) is 2.88. The number of carbonyl (C=O) groups is 1. The van der Waals surface area contributed by atoms with E-state index in [4.69, 9.17) is 25.8 Å². The van der Waals surface area contributed by atoms with Gasteiger partial charge in [0.15, 0.2) is 11.5 Å². The maximum atomic E-state index is 11.7. The average molecular weight is 365 g/mol. The predicted molar refractivity (Wildman–Crippen MR) is 96.2 cm³/mol. The third-order valence-corrected chi connectivity index (χ3v) is 4.11. The number of carboxylic acid groups (broad SMARTS) is 1. The van der Waals surface area contributed by atoms with E-state index < -0.39 is 11.9 Å². The van der Waals surface area contributed by atoms with Crippen molar-refractivity contribution in [1.29, 1.82) is 0 Å². The van der Waals surface area contributed by atoms with Gasteiger partial charge in [-0.15, -0.1) is 0 Å². The van der Waals surface area contributed by atoms with Crippen molar-refractivity contribution in [3.63, 3.8) is 0 Å². The van der Waals surface area contributed by atoms with Crippen molar-refractivity contribution in [2.75, 3.05) is 20.8 Å². The van der Waals surface area contributed by atoms with Gasteiger partial charge in [0.1, 0.15) is 5.75 Å². The molecule has 2 rings (SSSR count). The summed E-state index contributed by atoms with van der Waals surface area (Å²) in [6, 6.07) is 10.5. The van der Waals surface area contributed by atoms with Gasteiger partial charge in [0.2, 0.25) is 0 Å². The van der Waals surface area contributed by atoms with Crippen molar-refractivity contribution in [3.05, 3.63) is 52.5 Å². The summed E-state index contributed by atoms with van der Waals surface area (Å²) >= 11 is 6.27. The smallest absolute Gasteiger partial charge is 0.311 e. The number of rotatable bonds is 8. The lowest BCUT2D eigenvalue weighted by atomic mass is 9.92. The summed E-state index contributed by atoms with van der Waals surface area (Å²) in [5.41, 5.74) is 1.45. The third-order valence-electron chi connectivity index (χ3n) is 3.83. The zero-order valence-electron chi connectivity index (χ0n) is 14.4. The third kappa shape index (κ3) is 4.57. The molecule has 0 heterocycles. The van der Waals surface area contributed by atoms with Crippen LogP contribution in [0, 0.1) is 0 Å². The normalized spacial score (nSPS) is 11.7. The van der Waals surface area contributed by atoms with Crippen LogP contribution in [0.15, 0.2) is 36.4 Å². The zero-order chi connectivity index (χ0) is 18.4. The van der Waals surface area contributed by atoms with E-state index in [0.29, 0.717) is 34.4 Å². The fraction of sp³-hybridized carbons (Fsp3) is 0.316. The number of halogens is 1. The molecule has 0 aliphatic carbocycles. The summed E-state index contributed by atoms with van der Waals surface area (Å²) in [5, 5.41) is 10.0. The highest BCUT2D eigenvalue weighted by molar-refractivity contribution is 6.32. The molecular formula is C19H21ClO5. The highest BCUT2D eigenvalue weighted by Gasteiger charge is 2.22. The number of hydrogen-bond acceptors (Lipinski definition) is 4. The lowest BCUT2D eigenvalue weighted by Gasteiger charge is -2.16. The highest BCUT2D eigenvalue weighted by Crippen LogP contribution is 2.37. The minimum absolute atomic E-state index is 0.282. The quantitative estimate of drug-likeness (QED) is 0.761. The monoisotopic (exact) mass is 364 g/mol. The van der Waals surface area contributed by atoms with E-state index in [9.17, 15) is 9.90 Å². The minimum atomic E-state index is -0.908. The Balaban J connectivity index is 2.33. The van der Waals surface area contributed by atoms with Gasteiger partial charge in [0.05, 0.1) is 31.8 Å². The van der Waals surface area contributed by atoms with Crippen molar-refractivity contribution >= 4 is 17.6 Å². The van der Waals surface area contributed by atoms with Gasteiger partial charge < -0.3 is 19.3 Å². The maximum absolute atomic E-state index is 11.7. The van der Waals surface area contributed by atoms with Crippen LogP contribution in [-0.4, -0.2) is 31.9 Å². The summed E-state index contributed by atoms with van der Waals surface area (Å²) in [6.45, 7) is 2.31. The van der Waals surface area contributed by atoms with E-state index in [-0.39, 0.29) is 6.42 Å². The van der Waals surface area contributed by atoms with Gasteiger partial charge in [-0.05, 0) is 48.7 Å². The van der Waals surface area contributed by atoms with Crippen molar-refractivity contribution in [2.24, 2.45) is 0 Å². The Morgan fingerprint density at radius 1 is 1.16 bits per heavy atom. The number of ether oxygens (including phenoxy) is 3. The molecule has 25 heavy (non-hydrogen) atoms. The lowest BCUT2D eigenvalue weighted by Crippen LogP contribution is -2.14. The first-order valence-corrected chi connectivity index (χ1v) is 8.23. The Morgan fingerprint density at radius 3 is 2.36 bits per heavy atom. The zero-order valence-corrected chi connectivity index (χ0v) is 15.2. The predicted octanol–water partition coefficient (Wildman–Crippen LogP) is 4.17. The molecule has 134 valence electrons. The molecule has 0 bridgehead atoms. The Hall–Kier alpha value is -2.40. The molecule has 0 aliphatic rings. The van der Waals surface area contributed by atoms with Gasteiger partial charge in [0.25, 0.3) is 0 Å². The van der Waals surface area contributed by atoms with E-state index in [2.05, 4.69) is 0 Å². The van der Waals surface area contributed by atoms with Crippen LogP contribution in [0.3, 0.4) is 0 Å². The number of methoxy groups -OCH3 is 2. The SMILES string of the molecule is CCOc1c(Cl)cc(CC(C(=O)O)c2ccc(OC)cc2)cc1OC. The average Bonchev–Trinajstić information content (AvgIpc) is 2.61. The topological polar surface area (TPSA) is 65.0 Å². The van der Waals surface area contributed by atoms with Crippen LogP contribution < -0.4 is 14.2 Å². The van der Waals surface area contributed by atoms with Gasteiger partial charge >= 0.3 is 5.97 Å². The molecule has 0 saturated heterocycles. The maximum Gasteiger partial charge on any atom is 0.311 e. The Labute approximate surface area is 152 Å². The van der Waals surface area contributed by atoms with E-state index in [1.807, 2.05) is 6.92 Å². The van der Waals surface area contributed by atoms with Crippen molar-refractivity contribution < 1.29 is 24.1 Å². The summed E-state index contributed by atoms with van der Waals surface area (Å²) in [5.74, 6) is 0.0207. The fourth-order valence-electron chi connectivity index (χ4n) is 2.60. The van der Waals surface area contributed by atoms with Crippen LogP contribution in [0.5, 0.6) is 17.2 Å². The van der Waals surface area contributed by atoms with Gasteiger partial charge in [-0.25, -0.2) is 0 Å². The van der Waals surface area contributed by atoms with Crippen LogP contribution in [0.1, 0.15) is 24.0 Å². The summed E-state index contributed by atoms with van der Waals surface area (Å²) in [4.78, 5) is 11.7. The number of hydrogen-bond donors (Lipinski definition) is 1. The largest absolute Gasteiger partial charge is 0.497 e. The molecular weight excluding hydrogens is 344 g/mol. The van der Waals surface area contributed by atoms with Crippen LogP contribution >= 0.6 is 11.6 Å². The van der Waals surface area contributed by atoms with Gasteiger partial charge in [-0.3, -0.25) is 4.79 Å². The minimum Gasteiger partial charge on any atom is -0.497 e. The van der Waals surface area contributed by atoms with E-state index in [1.165, 1.54) is 7.11 Å². The van der Waals surface area contributed by atoms with Gasteiger partial charge in [0, 0.05) is 0 Å². The lowest BCUT2D eigenvalue weighted by molar-refractivity contribution is -0.138. The molecule has 0 aromatic heterocycles. The van der Waals surface area contributed by atoms with Crippen LogP contribution in [0.4, 0.5) is 0 Å². The number of carboxylic acids is 1. The Bertz CT molecular complexity index is 727. The molecule has 2 aromatic rings. The molecule has 0 radical (unpaired) electrons. The molecule has 1 unspecified atom stereocenters. The van der Waals surface area contributed by atoms with E-state index in [0.717, 1.165) is 5.56 Å². The first-order valence-electron chi connectivity index (χ1n) is 7.86. The molecule has 0 amide bonds. The van der Waals surface area contributed by atoms with E-state index >= 15 is 0 Å². The molecule has 5 nitrogen and oxygen atoms in total. The van der Waals surface area contributed by atoms with Gasteiger partial charge in [-0.1, -0.05) is 23.7 Å². The number of benzene rings is 2. The van der Waals surface area contributed by atoms with Crippen LogP contribution in [0.2, 0.25) is 5.02 Å². The second-order valence-electron chi connectivity index (χ2n) is 5.41. The molecule has 0 spiro atoms. The summed E-state index contributed by atoms with van der Waals surface area (Å²) in [6.07, 6.45) is 0.282. The van der Waals surface area contributed by atoms with Crippen LogP contribution in [0.25, 0.3) is 0 Å². The Morgan fingerprint density at radius 2 is 1.84 bits per heavy atom. The van der Waals surface area contributed by atoms with Crippen molar-refractivity contribution in [1.82, 2.24) is 0 Å².